The van der Waals surface area contributed by atoms with Crippen LogP contribution in [0.3, 0.4) is 0 Å². The maximum absolute atomic E-state index is 12.4. The lowest BCUT2D eigenvalue weighted by atomic mass is 10.1. The van der Waals surface area contributed by atoms with Gasteiger partial charge in [0.15, 0.2) is 0 Å². The molecule has 2 N–H and O–H groups in total. The minimum atomic E-state index is -3.70. The van der Waals surface area contributed by atoms with E-state index >= 15 is 0 Å². The molecule has 1 aliphatic carbocycles. The fourth-order valence-electron chi connectivity index (χ4n) is 2.56. The second-order valence-electron chi connectivity index (χ2n) is 5.30. The number of nitrogens with one attached hydrogen (secondary N) is 2. The van der Waals surface area contributed by atoms with E-state index in [0.717, 1.165) is 12.8 Å². The van der Waals surface area contributed by atoms with Crippen LogP contribution in [0.25, 0.3) is 0 Å². The highest BCUT2D eigenvalue weighted by atomic mass is 32.2. The number of thioether (sulfide) groups is 1. The number of sulfonamides is 1. The summed E-state index contributed by atoms with van der Waals surface area (Å²) < 4.78 is 27.5. The number of thiocarbonyl (C=S) groups is 1. The molecule has 1 aliphatic rings. The van der Waals surface area contributed by atoms with Gasteiger partial charge in [-0.05, 0) is 25.2 Å². The van der Waals surface area contributed by atoms with Gasteiger partial charge in [-0.3, -0.25) is 9.71 Å². The highest BCUT2D eigenvalue weighted by molar-refractivity contribution is 8.23. The Hall–Kier alpha value is -0.860. The van der Waals surface area contributed by atoms with Gasteiger partial charge in [-0.1, -0.05) is 49.7 Å². The zero-order valence-corrected chi connectivity index (χ0v) is 15.0. The van der Waals surface area contributed by atoms with Gasteiger partial charge in [0.2, 0.25) is 0 Å². The van der Waals surface area contributed by atoms with Gasteiger partial charge in [-0.15, -0.1) is 0 Å². The molecule has 0 saturated heterocycles. The first-order valence-electron chi connectivity index (χ1n) is 7.34. The van der Waals surface area contributed by atoms with Crippen molar-refractivity contribution in [3.8, 4) is 0 Å². The van der Waals surface area contributed by atoms with Gasteiger partial charge in [-0.25, -0.2) is 8.42 Å². The molecule has 8 heteroatoms. The molecule has 5 nitrogen and oxygen atoms in total. The van der Waals surface area contributed by atoms with Gasteiger partial charge >= 0.3 is 0 Å². The molecule has 0 unspecified atom stereocenters. The van der Waals surface area contributed by atoms with E-state index in [1.807, 2.05) is 0 Å². The number of hydrogen-bond acceptors (Lipinski definition) is 6. The second-order valence-corrected chi connectivity index (χ2v) is 8.44. The van der Waals surface area contributed by atoms with E-state index in [-0.39, 0.29) is 9.22 Å². The monoisotopic (exact) mass is 359 g/mol. The average molecular weight is 360 g/mol. The van der Waals surface area contributed by atoms with Crippen molar-refractivity contribution in [2.75, 3.05) is 11.6 Å². The van der Waals surface area contributed by atoms with E-state index in [1.165, 1.54) is 43.6 Å². The SMILES string of the molecule is CSC(=S)NS(=O)(=O)c1cnccc1NC1CCCCCC1. The van der Waals surface area contributed by atoms with Crippen molar-refractivity contribution in [3.05, 3.63) is 18.5 Å². The standard InChI is InChI=1S/C14H21N3O2S3/c1-21-14(20)17-22(18,19)13-10-15-9-8-12(13)16-11-6-4-2-3-5-7-11/h8-11H,2-7H2,1H3,(H,15,16)(H,17,20). The van der Waals surface area contributed by atoms with E-state index in [0.29, 0.717) is 11.7 Å². The first kappa shape index (κ1) is 17.5. The molecule has 0 amide bonds. The third kappa shape index (κ3) is 4.82. The summed E-state index contributed by atoms with van der Waals surface area (Å²) in [4.78, 5) is 4.10. The van der Waals surface area contributed by atoms with Crippen molar-refractivity contribution < 1.29 is 8.42 Å². The Morgan fingerprint density at radius 2 is 2.00 bits per heavy atom. The van der Waals surface area contributed by atoms with Crippen LogP contribution in [0.4, 0.5) is 5.69 Å². The zero-order chi connectivity index (χ0) is 16.0. The van der Waals surface area contributed by atoms with Crippen LogP contribution in [-0.4, -0.2) is 30.0 Å². The molecule has 22 heavy (non-hydrogen) atoms. The average Bonchev–Trinajstić information content (AvgIpc) is 2.76. The molecule has 1 saturated carbocycles. The maximum Gasteiger partial charge on any atom is 0.266 e. The van der Waals surface area contributed by atoms with Crippen molar-refractivity contribution in [1.29, 1.82) is 0 Å². The van der Waals surface area contributed by atoms with Gasteiger partial charge in [0, 0.05) is 18.4 Å². The summed E-state index contributed by atoms with van der Waals surface area (Å²) in [5.41, 5.74) is 0.596. The summed E-state index contributed by atoms with van der Waals surface area (Å²) in [7, 11) is -3.70. The Morgan fingerprint density at radius 3 is 2.64 bits per heavy atom. The summed E-state index contributed by atoms with van der Waals surface area (Å²) in [6.07, 6.45) is 11.7. The van der Waals surface area contributed by atoms with Crippen LogP contribution in [0.1, 0.15) is 38.5 Å². The van der Waals surface area contributed by atoms with Crippen LogP contribution in [0.5, 0.6) is 0 Å². The van der Waals surface area contributed by atoms with Crippen molar-refractivity contribution in [3.63, 3.8) is 0 Å². The molecule has 0 aliphatic heterocycles. The Morgan fingerprint density at radius 1 is 1.32 bits per heavy atom. The molecule has 0 bridgehead atoms. The molecular formula is C14H21N3O2S3. The minimum absolute atomic E-state index is 0.149. The number of anilines is 1. The summed E-state index contributed by atoms with van der Waals surface area (Å²) in [6.45, 7) is 0. The Balaban J connectivity index is 2.20. The number of aromatic nitrogens is 1. The number of nitrogens with zero attached hydrogens (tertiary/aromatic N) is 1. The van der Waals surface area contributed by atoms with Crippen LogP contribution in [-0.2, 0) is 10.0 Å². The largest absolute Gasteiger partial charge is 0.381 e. The molecule has 122 valence electrons. The summed E-state index contributed by atoms with van der Waals surface area (Å²) in [5, 5.41) is 3.38. The van der Waals surface area contributed by atoms with Crippen molar-refractivity contribution in [1.82, 2.24) is 9.71 Å². The Kier molecular flexibility index (Phi) is 6.46. The smallest absolute Gasteiger partial charge is 0.266 e. The van der Waals surface area contributed by atoms with Gasteiger partial charge in [0.05, 0.1) is 5.69 Å². The number of pyridine rings is 1. The topological polar surface area (TPSA) is 71.1 Å². The fraction of sp³-hybridized carbons (Fsp3) is 0.571. The molecule has 0 atom stereocenters. The zero-order valence-electron chi connectivity index (χ0n) is 12.5. The van der Waals surface area contributed by atoms with Crippen LogP contribution < -0.4 is 10.0 Å². The predicted molar refractivity (Wildman–Crippen MR) is 95.8 cm³/mol. The normalized spacial score (nSPS) is 16.8. The van der Waals surface area contributed by atoms with Gasteiger partial charge in [-0.2, -0.15) is 0 Å². The van der Waals surface area contributed by atoms with Crippen LogP contribution in [0.15, 0.2) is 23.4 Å². The predicted octanol–water partition coefficient (Wildman–Crippen LogP) is 3.14. The molecule has 1 heterocycles. The van der Waals surface area contributed by atoms with Crippen LogP contribution >= 0.6 is 24.0 Å². The quantitative estimate of drug-likeness (QED) is 0.636. The summed E-state index contributed by atoms with van der Waals surface area (Å²) in [6, 6.07) is 2.02. The lowest BCUT2D eigenvalue weighted by Crippen LogP contribution is -2.29. The van der Waals surface area contributed by atoms with Crippen molar-refractivity contribution in [2.24, 2.45) is 0 Å². The van der Waals surface area contributed by atoms with Gasteiger partial charge < -0.3 is 5.32 Å². The van der Waals surface area contributed by atoms with E-state index in [2.05, 4.69) is 15.0 Å². The van der Waals surface area contributed by atoms with E-state index < -0.39 is 10.0 Å². The molecule has 0 spiro atoms. The van der Waals surface area contributed by atoms with Crippen LogP contribution in [0, 0.1) is 0 Å². The fourth-order valence-corrected chi connectivity index (χ4v) is 4.50. The maximum atomic E-state index is 12.4. The third-order valence-electron chi connectivity index (χ3n) is 3.69. The van der Waals surface area contributed by atoms with E-state index in [1.54, 1.807) is 18.5 Å². The molecule has 2 rings (SSSR count). The molecule has 0 aromatic carbocycles. The molecule has 1 fully saturated rings. The third-order valence-corrected chi connectivity index (χ3v) is 6.40. The highest BCUT2D eigenvalue weighted by Crippen LogP contribution is 2.25. The lowest BCUT2D eigenvalue weighted by molar-refractivity contribution is 0.591. The summed E-state index contributed by atoms with van der Waals surface area (Å²) >= 11 is 6.15. The molecular weight excluding hydrogens is 338 g/mol. The first-order chi connectivity index (χ1) is 10.5. The minimum Gasteiger partial charge on any atom is -0.381 e. The molecule has 1 aromatic heterocycles. The molecule has 1 aromatic rings. The lowest BCUT2D eigenvalue weighted by Gasteiger charge is -2.20. The van der Waals surface area contributed by atoms with Crippen molar-refractivity contribution >= 4 is 44.0 Å². The number of rotatable bonds is 4. The van der Waals surface area contributed by atoms with E-state index in [4.69, 9.17) is 12.2 Å². The second kappa shape index (κ2) is 8.12. The highest BCUT2D eigenvalue weighted by Gasteiger charge is 2.22. The number of hydrogen-bond donors (Lipinski definition) is 2. The van der Waals surface area contributed by atoms with Gasteiger partial charge in [0.25, 0.3) is 10.0 Å². The Labute approximate surface area is 141 Å². The molecule has 0 radical (unpaired) electrons. The van der Waals surface area contributed by atoms with Gasteiger partial charge in [0.1, 0.15) is 9.22 Å². The van der Waals surface area contributed by atoms with Crippen molar-refractivity contribution in [2.45, 2.75) is 49.5 Å². The van der Waals surface area contributed by atoms with Crippen LogP contribution in [0.2, 0.25) is 0 Å². The summed E-state index contributed by atoms with van der Waals surface area (Å²) in [5.74, 6) is 0. The Bertz CT molecular complexity index is 612. The van der Waals surface area contributed by atoms with E-state index in [9.17, 15) is 8.42 Å². The first-order valence-corrected chi connectivity index (χ1v) is 10.5.